The summed E-state index contributed by atoms with van der Waals surface area (Å²) in [7, 11) is 1.32. The van der Waals surface area contributed by atoms with Gasteiger partial charge in [-0.25, -0.2) is 4.79 Å². The first kappa shape index (κ1) is 15.2. The molecule has 0 spiro atoms. The van der Waals surface area contributed by atoms with Crippen LogP contribution in [-0.4, -0.2) is 19.7 Å². The van der Waals surface area contributed by atoms with Crippen LogP contribution in [0.25, 0.3) is 0 Å². The highest BCUT2D eigenvalue weighted by Crippen LogP contribution is 2.44. The van der Waals surface area contributed by atoms with Gasteiger partial charge in [-0.2, -0.15) is 0 Å². The van der Waals surface area contributed by atoms with E-state index in [0.29, 0.717) is 27.1 Å². The third-order valence-corrected chi connectivity index (χ3v) is 3.94. The topological polar surface area (TPSA) is 48.1 Å². The summed E-state index contributed by atoms with van der Waals surface area (Å²) in [5.41, 5.74) is -0.505. The fraction of sp³-hybridized carbons (Fsp3) is 0.188. The number of esters is 1. The third kappa shape index (κ3) is 2.77. The molecule has 0 bridgehead atoms. The highest BCUT2D eigenvalue weighted by Gasteiger charge is 2.56. The summed E-state index contributed by atoms with van der Waals surface area (Å²) in [6.45, 7) is 0.261. The van der Waals surface area contributed by atoms with Crippen LogP contribution in [0.2, 0.25) is 10.0 Å². The van der Waals surface area contributed by atoms with Gasteiger partial charge >= 0.3 is 5.97 Å². The Kier molecular flexibility index (Phi) is 4.00. The molecule has 2 aromatic rings. The Hall–Kier alpha value is -1.75. The van der Waals surface area contributed by atoms with Gasteiger partial charge in [0.15, 0.2) is 0 Å². The zero-order valence-electron chi connectivity index (χ0n) is 11.6. The summed E-state index contributed by atoms with van der Waals surface area (Å²) in [4.78, 5) is 11.8. The number of methoxy groups -OCH3 is 1. The third-order valence-electron chi connectivity index (χ3n) is 3.37. The lowest BCUT2D eigenvalue weighted by molar-refractivity contribution is -0.147. The molecule has 1 heterocycles. The van der Waals surface area contributed by atoms with Gasteiger partial charge in [0.1, 0.15) is 11.5 Å². The van der Waals surface area contributed by atoms with E-state index >= 15 is 0 Å². The van der Waals surface area contributed by atoms with E-state index < -0.39 is 11.6 Å². The lowest BCUT2D eigenvalue weighted by atomic mass is 10.00. The van der Waals surface area contributed by atoms with Gasteiger partial charge in [0, 0.05) is 10.6 Å². The van der Waals surface area contributed by atoms with Crippen LogP contribution in [0.1, 0.15) is 5.56 Å². The van der Waals surface area contributed by atoms with Crippen molar-refractivity contribution >= 4 is 29.2 Å². The number of carbonyl (C=O) groups is 1. The second kappa shape index (κ2) is 5.80. The second-order valence-electron chi connectivity index (χ2n) is 4.80. The summed E-state index contributed by atoms with van der Waals surface area (Å²) in [6.07, 6.45) is 0. The van der Waals surface area contributed by atoms with Crippen LogP contribution in [0, 0.1) is 0 Å². The molecule has 0 N–H and O–H groups in total. The van der Waals surface area contributed by atoms with Gasteiger partial charge in [0.2, 0.25) is 5.60 Å². The summed E-state index contributed by atoms with van der Waals surface area (Å²) in [5, 5.41) is 1.01. The molecule has 1 unspecified atom stereocenters. The molecule has 1 aliphatic rings. The van der Waals surface area contributed by atoms with Crippen molar-refractivity contribution in [2.75, 3.05) is 13.7 Å². The van der Waals surface area contributed by atoms with Crippen LogP contribution in [-0.2, 0) is 19.9 Å². The predicted octanol–water partition coefficient (Wildman–Crippen LogP) is 4.18. The number of hydrogen-bond acceptors (Lipinski definition) is 4. The van der Waals surface area contributed by atoms with Crippen molar-refractivity contribution in [1.82, 2.24) is 0 Å². The van der Waals surface area contributed by atoms with Gasteiger partial charge in [-0.3, -0.25) is 0 Å². The Labute approximate surface area is 137 Å². The van der Waals surface area contributed by atoms with Crippen LogP contribution in [0.15, 0.2) is 42.5 Å². The van der Waals surface area contributed by atoms with E-state index in [0.717, 1.165) is 0 Å². The first-order valence-corrected chi connectivity index (χ1v) is 7.26. The molecule has 4 nitrogen and oxygen atoms in total. The van der Waals surface area contributed by atoms with E-state index in [1.165, 1.54) is 7.11 Å². The van der Waals surface area contributed by atoms with Crippen molar-refractivity contribution in [2.24, 2.45) is 0 Å². The molecule has 0 amide bonds. The van der Waals surface area contributed by atoms with Crippen molar-refractivity contribution < 1.29 is 19.0 Å². The van der Waals surface area contributed by atoms with Crippen LogP contribution in [0.3, 0.4) is 0 Å². The first-order valence-electron chi connectivity index (χ1n) is 6.51. The Morgan fingerprint density at radius 1 is 1.14 bits per heavy atom. The number of ether oxygens (including phenoxy) is 3. The lowest BCUT2D eigenvalue weighted by Gasteiger charge is -2.13. The molecule has 6 heteroatoms. The minimum absolute atomic E-state index is 0.261. The zero-order chi connectivity index (χ0) is 15.7. The minimum atomic E-state index is -1.08. The zero-order valence-corrected chi connectivity index (χ0v) is 13.1. The SMILES string of the molecule is COC(=O)C1(c2ccc(Oc3ccc(Cl)cc3)cc2Cl)CO1. The Morgan fingerprint density at radius 3 is 2.32 bits per heavy atom. The average Bonchev–Trinajstić information content (AvgIpc) is 3.30. The van der Waals surface area contributed by atoms with Gasteiger partial charge < -0.3 is 14.2 Å². The van der Waals surface area contributed by atoms with Crippen LogP contribution >= 0.6 is 23.2 Å². The van der Waals surface area contributed by atoms with Gasteiger partial charge in [-0.1, -0.05) is 29.3 Å². The monoisotopic (exact) mass is 338 g/mol. The quantitative estimate of drug-likeness (QED) is 0.619. The first-order chi connectivity index (χ1) is 10.5. The van der Waals surface area contributed by atoms with E-state index in [1.807, 2.05) is 0 Å². The summed E-state index contributed by atoms with van der Waals surface area (Å²) >= 11 is 12.1. The highest BCUT2D eigenvalue weighted by molar-refractivity contribution is 6.32. The van der Waals surface area contributed by atoms with Crippen molar-refractivity contribution in [3.05, 3.63) is 58.1 Å². The second-order valence-corrected chi connectivity index (χ2v) is 5.65. The van der Waals surface area contributed by atoms with E-state index in [4.69, 9.17) is 37.4 Å². The molecule has 114 valence electrons. The molecule has 2 aromatic carbocycles. The van der Waals surface area contributed by atoms with Crippen molar-refractivity contribution in [2.45, 2.75) is 5.60 Å². The Balaban J connectivity index is 1.84. The highest BCUT2D eigenvalue weighted by atomic mass is 35.5. The number of carbonyl (C=O) groups excluding carboxylic acids is 1. The van der Waals surface area contributed by atoms with E-state index in [2.05, 4.69) is 0 Å². The molecule has 1 saturated heterocycles. The van der Waals surface area contributed by atoms with Crippen molar-refractivity contribution in [1.29, 1.82) is 0 Å². The van der Waals surface area contributed by atoms with Gasteiger partial charge in [-0.05, 0) is 36.4 Å². The number of epoxide rings is 1. The van der Waals surface area contributed by atoms with Crippen molar-refractivity contribution in [3.8, 4) is 11.5 Å². The molecule has 1 fully saturated rings. The van der Waals surface area contributed by atoms with Crippen LogP contribution in [0.5, 0.6) is 11.5 Å². The number of hydrogen-bond donors (Lipinski definition) is 0. The molecule has 0 radical (unpaired) electrons. The Bertz CT molecular complexity index is 709. The largest absolute Gasteiger partial charge is 0.467 e. The maximum atomic E-state index is 11.8. The fourth-order valence-electron chi connectivity index (χ4n) is 2.15. The van der Waals surface area contributed by atoms with Crippen LogP contribution in [0.4, 0.5) is 0 Å². The molecule has 0 aromatic heterocycles. The summed E-state index contributed by atoms with van der Waals surface area (Å²) < 4.78 is 15.7. The minimum Gasteiger partial charge on any atom is -0.467 e. The van der Waals surface area contributed by atoms with E-state index in [1.54, 1.807) is 42.5 Å². The number of benzene rings is 2. The average molecular weight is 339 g/mol. The maximum absolute atomic E-state index is 11.8. The predicted molar refractivity (Wildman–Crippen MR) is 82.6 cm³/mol. The summed E-state index contributed by atoms with van der Waals surface area (Å²) in [6, 6.07) is 12.0. The molecule has 3 rings (SSSR count). The standard InChI is InChI=1S/C16H12Cl2O4/c1-20-15(19)16(9-21-16)13-7-6-12(8-14(13)18)22-11-4-2-10(17)3-5-11/h2-8H,9H2,1H3. The number of rotatable bonds is 4. The molecule has 0 aliphatic carbocycles. The maximum Gasteiger partial charge on any atom is 0.345 e. The van der Waals surface area contributed by atoms with Gasteiger partial charge in [0.25, 0.3) is 0 Å². The van der Waals surface area contributed by atoms with Crippen LogP contribution < -0.4 is 4.74 Å². The summed E-state index contributed by atoms with van der Waals surface area (Å²) in [5.74, 6) is 0.732. The molecule has 0 saturated carbocycles. The Morgan fingerprint density at radius 2 is 1.77 bits per heavy atom. The molecule has 22 heavy (non-hydrogen) atoms. The molecular weight excluding hydrogens is 327 g/mol. The van der Waals surface area contributed by atoms with E-state index in [9.17, 15) is 4.79 Å². The molecule has 1 atom stereocenters. The molecule has 1 aliphatic heterocycles. The van der Waals surface area contributed by atoms with E-state index in [-0.39, 0.29) is 6.61 Å². The van der Waals surface area contributed by atoms with Crippen molar-refractivity contribution in [3.63, 3.8) is 0 Å². The lowest BCUT2D eigenvalue weighted by Crippen LogP contribution is -2.24. The van der Waals surface area contributed by atoms with Gasteiger partial charge in [0.05, 0.1) is 18.7 Å². The van der Waals surface area contributed by atoms with Gasteiger partial charge in [-0.15, -0.1) is 0 Å². The normalized spacial score (nSPS) is 19.6. The molecular formula is C16H12Cl2O4. The number of halogens is 2. The smallest absolute Gasteiger partial charge is 0.345 e. The fourth-order valence-corrected chi connectivity index (χ4v) is 2.60.